The Morgan fingerprint density at radius 2 is 1.81 bits per heavy atom. The minimum atomic E-state index is 1.03. The molecule has 2 rings (SSSR count). The molecule has 1 unspecified atom stereocenters. The van der Waals surface area contributed by atoms with Crippen LogP contribution in [0.4, 0.5) is 0 Å². The molecule has 0 amide bonds. The molecule has 0 aromatic carbocycles. The number of nitrogens with zero attached hydrogens (tertiary/aromatic N) is 1. The maximum atomic E-state index is 2.76. The summed E-state index contributed by atoms with van der Waals surface area (Å²) in [4.78, 5) is 2.76. The second-order valence-electron chi connectivity index (χ2n) is 6.06. The van der Waals surface area contributed by atoms with Crippen LogP contribution in [0.1, 0.15) is 64.7 Å². The van der Waals surface area contributed by atoms with Crippen molar-refractivity contribution >= 4 is 0 Å². The van der Waals surface area contributed by atoms with Crippen LogP contribution in [0.2, 0.25) is 0 Å². The Kier molecular flexibility index (Phi) is 5.15. The molecule has 1 saturated carbocycles. The van der Waals surface area contributed by atoms with Gasteiger partial charge in [0.05, 0.1) is 0 Å². The Balaban J connectivity index is 1.63. The smallest absolute Gasteiger partial charge is 0.00102 e. The molecule has 16 heavy (non-hydrogen) atoms. The Morgan fingerprint density at radius 3 is 2.56 bits per heavy atom. The predicted octanol–water partition coefficient (Wildman–Crippen LogP) is 4.08. The Hall–Kier alpha value is -0.0400. The molecule has 0 aromatic rings. The highest BCUT2D eigenvalue weighted by atomic mass is 15.1. The third-order valence-corrected chi connectivity index (χ3v) is 4.58. The predicted molar refractivity (Wildman–Crippen MR) is 70.6 cm³/mol. The molecule has 94 valence electrons. The number of rotatable bonds is 5. The highest BCUT2D eigenvalue weighted by molar-refractivity contribution is 4.78. The molecule has 2 fully saturated rings. The van der Waals surface area contributed by atoms with Gasteiger partial charge in [0.25, 0.3) is 0 Å². The van der Waals surface area contributed by atoms with Crippen LogP contribution in [0, 0.1) is 11.8 Å². The molecule has 1 heteroatoms. The SMILES string of the molecule is CCCCC1CCN(CC2CCCCC2)C1. The summed E-state index contributed by atoms with van der Waals surface area (Å²) < 4.78 is 0. The zero-order chi connectivity index (χ0) is 11.2. The summed E-state index contributed by atoms with van der Waals surface area (Å²) in [6.45, 7) is 6.54. The topological polar surface area (TPSA) is 3.24 Å². The third kappa shape index (κ3) is 3.76. The molecule has 1 atom stereocenters. The van der Waals surface area contributed by atoms with Crippen LogP contribution >= 0.6 is 0 Å². The van der Waals surface area contributed by atoms with Gasteiger partial charge in [-0.25, -0.2) is 0 Å². The van der Waals surface area contributed by atoms with Gasteiger partial charge in [-0.15, -0.1) is 0 Å². The maximum absolute atomic E-state index is 2.76. The van der Waals surface area contributed by atoms with Gasteiger partial charge >= 0.3 is 0 Å². The summed E-state index contributed by atoms with van der Waals surface area (Å²) in [6, 6.07) is 0. The zero-order valence-electron chi connectivity index (χ0n) is 11.1. The molecule has 1 saturated heterocycles. The molecule has 0 N–H and O–H groups in total. The van der Waals surface area contributed by atoms with Crippen molar-refractivity contribution in [2.75, 3.05) is 19.6 Å². The molecule has 0 radical (unpaired) electrons. The van der Waals surface area contributed by atoms with Crippen LogP contribution in [0.15, 0.2) is 0 Å². The van der Waals surface area contributed by atoms with Gasteiger partial charge in [-0.2, -0.15) is 0 Å². The van der Waals surface area contributed by atoms with Gasteiger partial charge in [-0.1, -0.05) is 39.0 Å². The standard InChI is InChI=1S/C15H29N/c1-2-3-7-15-10-11-16(13-15)12-14-8-5-4-6-9-14/h14-15H,2-13H2,1H3. The number of hydrogen-bond donors (Lipinski definition) is 0. The first-order valence-corrected chi connectivity index (χ1v) is 7.61. The average Bonchev–Trinajstić information content (AvgIpc) is 2.75. The molecule has 1 heterocycles. The lowest BCUT2D eigenvalue weighted by Gasteiger charge is -2.26. The minimum absolute atomic E-state index is 1.03. The number of unbranched alkanes of at least 4 members (excludes halogenated alkanes) is 1. The summed E-state index contributed by atoms with van der Waals surface area (Å²) in [6.07, 6.45) is 13.3. The molecule has 1 aliphatic heterocycles. The van der Waals surface area contributed by atoms with Crippen molar-refractivity contribution in [2.45, 2.75) is 64.7 Å². The minimum Gasteiger partial charge on any atom is -0.303 e. The monoisotopic (exact) mass is 223 g/mol. The van der Waals surface area contributed by atoms with Gasteiger partial charge in [0.2, 0.25) is 0 Å². The van der Waals surface area contributed by atoms with E-state index in [9.17, 15) is 0 Å². The lowest BCUT2D eigenvalue weighted by atomic mass is 9.89. The molecule has 0 aromatic heterocycles. The number of hydrogen-bond acceptors (Lipinski definition) is 1. The first-order valence-electron chi connectivity index (χ1n) is 7.61. The van der Waals surface area contributed by atoms with E-state index >= 15 is 0 Å². The Morgan fingerprint density at radius 1 is 1.00 bits per heavy atom. The summed E-state index contributed by atoms with van der Waals surface area (Å²) in [5.41, 5.74) is 0. The fraction of sp³-hybridized carbons (Fsp3) is 1.00. The van der Waals surface area contributed by atoms with Crippen molar-refractivity contribution in [3.63, 3.8) is 0 Å². The second kappa shape index (κ2) is 6.64. The van der Waals surface area contributed by atoms with Gasteiger partial charge in [-0.05, 0) is 44.1 Å². The molecule has 2 aliphatic rings. The van der Waals surface area contributed by atoms with Crippen molar-refractivity contribution < 1.29 is 0 Å². The van der Waals surface area contributed by atoms with Crippen LogP contribution in [0.3, 0.4) is 0 Å². The van der Waals surface area contributed by atoms with Crippen molar-refractivity contribution in [1.82, 2.24) is 4.90 Å². The Labute approximate surface area is 102 Å². The molecular weight excluding hydrogens is 194 g/mol. The normalized spacial score (nSPS) is 28.7. The van der Waals surface area contributed by atoms with Gasteiger partial charge < -0.3 is 4.90 Å². The molecule has 0 bridgehead atoms. The lowest BCUT2D eigenvalue weighted by molar-refractivity contribution is 0.227. The fourth-order valence-corrected chi connectivity index (χ4v) is 3.54. The van der Waals surface area contributed by atoms with E-state index in [1.807, 2.05) is 0 Å². The van der Waals surface area contributed by atoms with Gasteiger partial charge in [0.15, 0.2) is 0 Å². The first-order chi connectivity index (χ1) is 7.88. The highest BCUT2D eigenvalue weighted by Gasteiger charge is 2.24. The van der Waals surface area contributed by atoms with Crippen molar-refractivity contribution in [3.8, 4) is 0 Å². The van der Waals surface area contributed by atoms with Gasteiger partial charge in [0, 0.05) is 13.1 Å². The van der Waals surface area contributed by atoms with Gasteiger partial charge in [-0.3, -0.25) is 0 Å². The van der Waals surface area contributed by atoms with Crippen molar-refractivity contribution in [3.05, 3.63) is 0 Å². The van der Waals surface area contributed by atoms with Crippen LogP contribution in [-0.4, -0.2) is 24.5 Å². The molecule has 1 nitrogen and oxygen atoms in total. The van der Waals surface area contributed by atoms with Crippen molar-refractivity contribution in [2.24, 2.45) is 11.8 Å². The van der Waals surface area contributed by atoms with E-state index in [0.29, 0.717) is 0 Å². The summed E-state index contributed by atoms with van der Waals surface area (Å²) in [5, 5.41) is 0. The first kappa shape index (κ1) is 12.4. The van der Waals surface area contributed by atoms with E-state index in [2.05, 4.69) is 11.8 Å². The average molecular weight is 223 g/mol. The lowest BCUT2D eigenvalue weighted by Crippen LogP contribution is -2.28. The Bertz CT molecular complexity index is 184. The zero-order valence-corrected chi connectivity index (χ0v) is 11.1. The molecule has 0 spiro atoms. The fourth-order valence-electron chi connectivity index (χ4n) is 3.54. The molecular formula is C15H29N. The summed E-state index contributed by atoms with van der Waals surface area (Å²) >= 11 is 0. The van der Waals surface area contributed by atoms with E-state index in [1.165, 1.54) is 77.4 Å². The van der Waals surface area contributed by atoms with E-state index in [-0.39, 0.29) is 0 Å². The van der Waals surface area contributed by atoms with Crippen LogP contribution in [0.25, 0.3) is 0 Å². The third-order valence-electron chi connectivity index (χ3n) is 4.58. The summed E-state index contributed by atoms with van der Waals surface area (Å²) in [7, 11) is 0. The van der Waals surface area contributed by atoms with Crippen LogP contribution < -0.4 is 0 Å². The van der Waals surface area contributed by atoms with E-state index in [0.717, 1.165) is 11.8 Å². The molecule has 1 aliphatic carbocycles. The second-order valence-corrected chi connectivity index (χ2v) is 6.06. The van der Waals surface area contributed by atoms with E-state index in [4.69, 9.17) is 0 Å². The van der Waals surface area contributed by atoms with E-state index < -0.39 is 0 Å². The van der Waals surface area contributed by atoms with Crippen LogP contribution in [-0.2, 0) is 0 Å². The maximum Gasteiger partial charge on any atom is 0.00102 e. The largest absolute Gasteiger partial charge is 0.303 e. The summed E-state index contributed by atoms with van der Waals surface area (Å²) in [5.74, 6) is 2.07. The van der Waals surface area contributed by atoms with Crippen LogP contribution in [0.5, 0.6) is 0 Å². The number of likely N-dealkylation sites (tertiary alicyclic amines) is 1. The quantitative estimate of drug-likeness (QED) is 0.679. The van der Waals surface area contributed by atoms with Gasteiger partial charge in [0.1, 0.15) is 0 Å². The van der Waals surface area contributed by atoms with Crippen molar-refractivity contribution in [1.29, 1.82) is 0 Å². The highest BCUT2D eigenvalue weighted by Crippen LogP contribution is 2.28. The van der Waals surface area contributed by atoms with E-state index in [1.54, 1.807) is 0 Å².